The molecule has 150 valence electrons. The molecular weight excluding hydrogens is 344 g/mol. The van der Waals surface area contributed by atoms with Crippen LogP contribution in [0.2, 0.25) is 0 Å². The van der Waals surface area contributed by atoms with Crippen LogP contribution in [-0.2, 0) is 14.3 Å². The Hall–Kier alpha value is -1.20. The molecule has 7 atom stereocenters. The summed E-state index contributed by atoms with van der Waals surface area (Å²) < 4.78 is 5.84. The molecule has 0 aromatic rings. The topological polar surface area (TPSA) is 83.8 Å². The number of carbonyl (C=O) groups is 2. The van der Waals surface area contributed by atoms with E-state index < -0.39 is 22.2 Å². The predicted octanol–water partition coefficient (Wildman–Crippen LogP) is 2.92. The van der Waals surface area contributed by atoms with E-state index in [-0.39, 0.29) is 31.0 Å². The van der Waals surface area contributed by atoms with Crippen molar-refractivity contribution in [2.75, 3.05) is 19.8 Å². The van der Waals surface area contributed by atoms with Gasteiger partial charge in [0.25, 0.3) is 0 Å². The molecule has 0 aliphatic heterocycles. The van der Waals surface area contributed by atoms with Crippen molar-refractivity contribution >= 4 is 12.3 Å². The second-order valence-electron chi connectivity index (χ2n) is 9.76. The molecule has 0 radical (unpaired) electrons. The molecule has 4 rings (SSSR count). The quantitative estimate of drug-likeness (QED) is 0.405. The molecule has 5 nitrogen and oxygen atoms in total. The van der Waals surface area contributed by atoms with Gasteiger partial charge in [0.15, 0.2) is 0 Å². The SMILES string of the molecule is CC(C)C1=C[C@H]2C[C@@]3(C=O)[C@@H]4CC[C@@H](C)[C@H]4C[C@@]2(COCCO)[C@]13C(=O)O. The fourth-order valence-electron chi connectivity index (χ4n) is 7.95. The van der Waals surface area contributed by atoms with Crippen molar-refractivity contribution in [2.45, 2.75) is 46.5 Å². The molecule has 0 unspecified atom stereocenters. The van der Waals surface area contributed by atoms with E-state index in [2.05, 4.69) is 13.0 Å². The summed E-state index contributed by atoms with van der Waals surface area (Å²) in [6.45, 7) is 6.78. The lowest BCUT2D eigenvalue weighted by Gasteiger charge is -2.58. The third kappa shape index (κ3) is 1.97. The van der Waals surface area contributed by atoms with Crippen LogP contribution >= 0.6 is 0 Å². The average Bonchev–Trinajstić information content (AvgIpc) is 3.19. The van der Waals surface area contributed by atoms with Crippen molar-refractivity contribution in [2.24, 2.45) is 45.8 Å². The zero-order valence-electron chi connectivity index (χ0n) is 16.6. The lowest BCUT2D eigenvalue weighted by molar-refractivity contribution is -0.186. The summed E-state index contributed by atoms with van der Waals surface area (Å²) in [5.74, 6) is 0.341. The van der Waals surface area contributed by atoms with Crippen LogP contribution in [0.15, 0.2) is 11.6 Å². The Morgan fingerprint density at radius 3 is 2.70 bits per heavy atom. The number of fused-ring (bicyclic) bond motifs is 2. The summed E-state index contributed by atoms with van der Waals surface area (Å²) >= 11 is 0. The lowest BCUT2D eigenvalue weighted by atomic mass is 9.43. The third-order valence-corrected chi connectivity index (χ3v) is 8.72. The summed E-state index contributed by atoms with van der Waals surface area (Å²) in [7, 11) is 0. The van der Waals surface area contributed by atoms with E-state index in [1.54, 1.807) is 0 Å². The predicted molar refractivity (Wildman–Crippen MR) is 99.9 cm³/mol. The van der Waals surface area contributed by atoms with Crippen molar-refractivity contribution in [3.63, 3.8) is 0 Å². The number of carboxylic acid groups (broad SMARTS) is 1. The Labute approximate surface area is 161 Å². The third-order valence-electron chi connectivity index (χ3n) is 8.72. The van der Waals surface area contributed by atoms with Crippen molar-refractivity contribution < 1.29 is 24.5 Å². The van der Waals surface area contributed by atoms with Gasteiger partial charge in [0.2, 0.25) is 0 Å². The highest BCUT2D eigenvalue weighted by Gasteiger charge is 2.84. The molecule has 0 heterocycles. The summed E-state index contributed by atoms with van der Waals surface area (Å²) in [5, 5.41) is 19.9. The first-order valence-corrected chi connectivity index (χ1v) is 10.4. The highest BCUT2D eigenvalue weighted by atomic mass is 16.5. The van der Waals surface area contributed by atoms with Gasteiger partial charge in [-0.1, -0.05) is 38.8 Å². The van der Waals surface area contributed by atoms with E-state index in [1.165, 1.54) is 0 Å². The maximum atomic E-state index is 13.1. The fraction of sp³-hybridized carbons (Fsp3) is 0.818. The van der Waals surface area contributed by atoms with E-state index in [9.17, 15) is 19.8 Å². The average molecular weight is 376 g/mol. The van der Waals surface area contributed by atoms with E-state index in [0.717, 1.165) is 31.1 Å². The Bertz CT molecular complexity index is 684. The van der Waals surface area contributed by atoms with Gasteiger partial charge < -0.3 is 19.7 Å². The van der Waals surface area contributed by atoms with Gasteiger partial charge in [-0.2, -0.15) is 0 Å². The number of rotatable bonds is 7. The second-order valence-corrected chi connectivity index (χ2v) is 9.76. The monoisotopic (exact) mass is 376 g/mol. The Morgan fingerprint density at radius 2 is 2.11 bits per heavy atom. The summed E-state index contributed by atoms with van der Waals surface area (Å²) in [6.07, 6.45) is 6.67. The van der Waals surface area contributed by atoms with Crippen LogP contribution in [0.25, 0.3) is 0 Å². The van der Waals surface area contributed by atoms with Crippen molar-refractivity contribution in [1.82, 2.24) is 0 Å². The van der Waals surface area contributed by atoms with Crippen LogP contribution in [0, 0.1) is 45.8 Å². The van der Waals surface area contributed by atoms with Crippen LogP contribution < -0.4 is 0 Å². The molecule has 27 heavy (non-hydrogen) atoms. The Morgan fingerprint density at radius 1 is 1.37 bits per heavy atom. The van der Waals surface area contributed by atoms with Crippen LogP contribution in [0.1, 0.15) is 46.5 Å². The van der Waals surface area contributed by atoms with Crippen molar-refractivity contribution in [3.8, 4) is 0 Å². The number of aliphatic hydroxyl groups excluding tert-OH is 1. The molecule has 0 amide bonds. The zero-order valence-corrected chi connectivity index (χ0v) is 16.6. The molecule has 3 saturated carbocycles. The van der Waals surface area contributed by atoms with Gasteiger partial charge in [0.1, 0.15) is 11.7 Å². The zero-order chi connectivity index (χ0) is 19.6. The second kappa shape index (κ2) is 6.15. The molecule has 0 spiro atoms. The first-order chi connectivity index (χ1) is 12.8. The van der Waals surface area contributed by atoms with Crippen molar-refractivity contribution in [3.05, 3.63) is 11.6 Å². The van der Waals surface area contributed by atoms with E-state index in [0.29, 0.717) is 24.9 Å². The Kier molecular flexibility index (Phi) is 4.36. The van der Waals surface area contributed by atoms with Crippen LogP contribution in [-0.4, -0.2) is 42.3 Å². The molecule has 0 aromatic heterocycles. The van der Waals surface area contributed by atoms with Crippen molar-refractivity contribution in [1.29, 1.82) is 0 Å². The Balaban J connectivity index is 1.94. The first kappa shape index (κ1) is 19.1. The first-order valence-electron chi connectivity index (χ1n) is 10.4. The number of carbonyl (C=O) groups excluding carboxylic acids is 1. The van der Waals surface area contributed by atoms with Gasteiger partial charge in [-0.15, -0.1) is 0 Å². The molecule has 0 saturated heterocycles. The largest absolute Gasteiger partial charge is 0.481 e. The standard InChI is InChI=1S/C22H32O5/c1-13(2)18-8-15-9-20(11-24)17-5-4-14(3)16(17)10-21(15,12-27-7-6-23)22(18,20)19(25)26/h8,11,13-17,23H,4-7,9-10,12H2,1-3H3,(H,25,26)/t14-,15+,16-,17-,20-,21+,22+/m1/s1. The maximum absolute atomic E-state index is 13.1. The number of ether oxygens (including phenoxy) is 1. The normalized spacial score (nSPS) is 47.2. The molecule has 2 N–H and O–H groups in total. The number of aliphatic hydroxyl groups is 1. The minimum atomic E-state index is -1.17. The van der Waals surface area contributed by atoms with Gasteiger partial charge in [-0.25, -0.2) is 0 Å². The van der Waals surface area contributed by atoms with Crippen LogP contribution in [0.4, 0.5) is 0 Å². The van der Waals surface area contributed by atoms with Gasteiger partial charge in [-0.3, -0.25) is 4.79 Å². The number of hydrogen-bond acceptors (Lipinski definition) is 4. The number of aliphatic carboxylic acids is 1. The number of allylic oxidation sites excluding steroid dienone is 1. The smallest absolute Gasteiger partial charge is 0.315 e. The van der Waals surface area contributed by atoms with Gasteiger partial charge in [0, 0.05) is 5.41 Å². The molecule has 5 heteroatoms. The minimum absolute atomic E-state index is 0.0627. The molecular formula is C22H32O5. The number of aldehydes is 1. The summed E-state index contributed by atoms with van der Waals surface area (Å²) in [6, 6.07) is 0. The number of carboxylic acids is 1. The van der Waals surface area contributed by atoms with E-state index >= 15 is 0 Å². The molecule has 4 bridgehead atoms. The maximum Gasteiger partial charge on any atom is 0.315 e. The molecule has 4 aliphatic rings. The van der Waals surface area contributed by atoms with E-state index in [4.69, 9.17) is 4.74 Å². The molecule has 4 aliphatic carbocycles. The van der Waals surface area contributed by atoms with Gasteiger partial charge in [-0.05, 0) is 48.9 Å². The van der Waals surface area contributed by atoms with Crippen LogP contribution in [0.5, 0.6) is 0 Å². The summed E-state index contributed by atoms with van der Waals surface area (Å²) in [5.41, 5.74) is -1.63. The molecule has 3 fully saturated rings. The lowest BCUT2D eigenvalue weighted by Crippen LogP contribution is -2.63. The summed E-state index contributed by atoms with van der Waals surface area (Å²) in [4.78, 5) is 25.8. The van der Waals surface area contributed by atoms with E-state index in [1.807, 2.05) is 13.8 Å². The highest BCUT2D eigenvalue weighted by Crippen LogP contribution is 2.82. The molecule has 0 aromatic carbocycles. The highest BCUT2D eigenvalue weighted by molar-refractivity contribution is 5.90. The fourth-order valence-corrected chi connectivity index (χ4v) is 7.95. The van der Waals surface area contributed by atoms with Gasteiger partial charge in [0.05, 0.1) is 25.2 Å². The minimum Gasteiger partial charge on any atom is -0.481 e. The number of hydrogen-bond donors (Lipinski definition) is 2. The van der Waals surface area contributed by atoms with Gasteiger partial charge >= 0.3 is 5.97 Å². The van der Waals surface area contributed by atoms with Crippen LogP contribution in [0.3, 0.4) is 0 Å².